The molecule has 0 spiro atoms. The van der Waals surface area contributed by atoms with Gasteiger partial charge in [0.05, 0.1) is 11.7 Å². The zero-order valence-corrected chi connectivity index (χ0v) is 12.1. The lowest BCUT2D eigenvalue weighted by atomic mass is 9.90. The summed E-state index contributed by atoms with van der Waals surface area (Å²) < 4.78 is 0. The Kier molecular flexibility index (Phi) is 2.84. The van der Waals surface area contributed by atoms with E-state index in [0.717, 1.165) is 18.0 Å². The number of carbonyl (C=O) groups is 1. The Morgan fingerprint density at radius 1 is 1.43 bits per heavy atom. The fourth-order valence-electron chi connectivity index (χ4n) is 3.34. The number of hydrogen-bond donors (Lipinski definition) is 2. The van der Waals surface area contributed by atoms with Crippen LogP contribution in [0.4, 0.5) is 5.82 Å². The van der Waals surface area contributed by atoms with E-state index >= 15 is 0 Å². The van der Waals surface area contributed by atoms with Crippen LogP contribution in [0.1, 0.15) is 37.9 Å². The smallest absolute Gasteiger partial charge is 0.225 e. The van der Waals surface area contributed by atoms with Crippen molar-refractivity contribution in [3.63, 3.8) is 0 Å². The third-order valence-corrected chi connectivity index (χ3v) is 4.59. The van der Waals surface area contributed by atoms with Gasteiger partial charge in [0.25, 0.3) is 0 Å². The maximum atomic E-state index is 11.5. The Bertz CT molecular complexity index is 662. The predicted molar refractivity (Wildman–Crippen MR) is 81.4 cm³/mol. The Balaban J connectivity index is 1.52. The molecule has 3 atom stereocenters. The predicted octanol–water partition coefficient (Wildman–Crippen LogP) is 2.92. The molecule has 1 aromatic rings. The minimum atomic E-state index is 0.00225. The topological polar surface area (TPSA) is 54.0 Å². The van der Waals surface area contributed by atoms with Gasteiger partial charge in [0, 0.05) is 24.0 Å². The summed E-state index contributed by atoms with van der Waals surface area (Å²) in [6, 6.07) is 6.11. The first-order chi connectivity index (χ1) is 10.2. The van der Waals surface area contributed by atoms with Crippen LogP contribution in [0.2, 0.25) is 0 Å². The van der Waals surface area contributed by atoms with E-state index in [0.29, 0.717) is 18.2 Å². The van der Waals surface area contributed by atoms with Gasteiger partial charge in [0.2, 0.25) is 5.91 Å². The molecule has 3 aliphatic rings. The zero-order valence-electron chi connectivity index (χ0n) is 12.1. The molecule has 1 amide bonds. The van der Waals surface area contributed by atoms with Crippen LogP contribution in [0.5, 0.6) is 0 Å². The average Bonchev–Trinajstić information content (AvgIpc) is 3.12. The normalized spacial score (nSPS) is 28.7. The number of nitrogens with one attached hydrogen (secondary N) is 2. The summed E-state index contributed by atoms with van der Waals surface area (Å²) in [5, 5.41) is 6.44. The van der Waals surface area contributed by atoms with Gasteiger partial charge >= 0.3 is 0 Å². The molecule has 3 unspecified atom stereocenters. The molecule has 2 N–H and O–H groups in total. The van der Waals surface area contributed by atoms with Crippen LogP contribution in [0.3, 0.4) is 0 Å². The fourth-order valence-corrected chi connectivity index (χ4v) is 3.34. The third kappa shape index (κ3) is 2.35. The minimum Gasteiger partial charge on any atom is -0.380 e. The van der Waals surface area contributed by atoms with Crippen LogP contribution in [-0.4, -0.2) is 10.9 Å². The van der Waals surface area contributed by atoms with Gasteiger partial charge in [-0.3, -0.25) is 4.79 Å². The number of amides is 1. The molecular weight excluding hydrogens is 262 g/mol. The lowest BCUT2D eigenvalue weighted by Crippen LogP contribution is -2.16. The average molecular weight is 281 g/mol. The van der Waals surface area contributed by atoms with Crippen molar-refractivity contribution in [1.82, 2.24) is 10.3 Å². The molecule has 0 saturated carbocycles. The van der Waals surface area contributed by atoms with Crippen molar-refractivity contribution in [2.75, 3.05) is 5.32 Å². The van der Waals surface area contributed by atoms with E-state index in [1.165, 1.54) is 17.7 Å². The van der Waals surface area contributed by atoms with Crippen molar-refractivity contribution >= 4 is 11.7 Å². The Hall–Kier alpha value is -2.10. The van der Waals surface area contributed by atoms with Gasteiger partial charge in [0.15, 0.2) is 0 Å². The van der Waals surface area contributed by atoms with Gasteiger partial charge in [-0.1, -0.05) is 19.1 Å². The Labute approximate surface area is 124 Å². The van der Waals surface area contributed by atoms with E-state index in [9.17, 15) is 4.79 Å². The number of anilines is 1. The number of aromatic nitrogens is 1. The fraction of sp³-hybridized carbons (Fsp3) is 0.412. The monoisotopic (exact) mass is 281 g/mol. The number of pyridine rings is 1. The summed E-state index contributed by atoms with van der Waals surface area (Å²) in [7, 11) is 0. The highest BCUT2D eigenvalue weighted by Gasteiger charge is 2.39. The number of nitrogens with zero attached hydrogens (tertiary/aromatic N) is 1. The van der Waals surface area contributed by atoms with Crippen LogP contribution in [0, 0.1) is 11.8 Å². The second kappa shape index (κ2) is 4.72. The van der Waals surface area contributed by atoms with Gasteiger partial charge in [0.1, 0.15) is 5.82 Å². The van der Waals surface area contributed by atoms with Gasteiger partial charge in [-0.05, 0) is 36.6 Å². The molecule has 4 rings (SSSR count). The first kappa shape index (κ1) is 12.6. The highest BCUT2D eigenvalue weighted by Crippen LogP contribution is 2.48. The molecule has 4 nitrogen and oxygen atoms in total. The molecule has 0 bridgehead atoms. The van der Waals surface area contributed by atoms with Crippen LogP contribution < -0.4 is 10.6 Å². The summed E-state index contributed by atoms with van der Waals surface area (Å²) in [5.41, 5.74) is 3.87. The van der Waals surface area contributed by atoms with E-state index in [4.69, 9.17) is 0 Å². The van der Waals surface area contributed by atoms with Gasteiger partial charge in [-0.25, -0.2) is 4.98 Å². The summed E-state index contributed by atoms with van der Waals surface area (Å²) in [5.74, 6) is 2.03. The molecule has 1 saturated heterocycles. The van der Waals surface area contributed by atoms with E-state index < -0.39 is 0 Å². The van der Waals surface area contributed by atoms with Gasteiger partial charge < -0.3 is 10.6 Å². The molecule has 4 heteroatoms. The highest BCUT2D eigenvalue weighted by molar-refractivity contribution is 5.89. The van der Waals surface area contributed by atoms with E-state index in [-0.39, 0.29) is 11.9 Å². The maximum absolute atomic E-state index is 11.5. The quantitative estimate of drug-likeness (QED) is 0.895. The SMILES string of the molecule is CCC(=O)Nc1cccc(C2CC3CC4C=C4C=C3N2)n1. The van der Waals surface area contributed by atoms with Crippen LogP contribution in [-0.2, 0) is 4.79 Å². The van der Waals surface area contributed by atoms with E-state index in [1.54, 1.807) is 0 Å². The first-order valence-corrected chi connectivity index (χ1v) is 7.69. The summed E-state index contributed by atoms with van der Waals surface area (Å²) in [6.45, 7) is 1.84. The second-order valence-electron chi connectivity index (χ2n) is 6.09. The van der Waals surface area contributed by atoms with Crippen molar-refractivity contribution < 1.29 is 4.79 Å². The van der Waals surface area contributed by atoms with Crippen molar-refractivity contribution in [3.8, 4) is 0 Å². The van der Waals surface area contributed by atoms with Crippen molar-refractivity contribution in [3.05, 3.63) is 47.3 Å². The van der Waals surface area contributed by atoms with Crippen LogP contribution in [0.15, 0.2) is 41.6 Å². The molecule has 1 aromatic heterocycles. The van der Waals surface area contributed by atoms with Crippen LogP contribution in [0.25, 0.3) is 0 Å². The lowest BCUT2D eigenvalue weighted by Gasteiger charge is -2.15. The number of hydrogen-bond acceptors (Lipinski definition) is 3. The molecule has 21 heavy (non-hydrogen) atoms. The first-order valence-electron chi connectivity index (χ1n) is 7.69. The van der Waals surface area contributed by atoms with Crippen molar-refractivity contribution in [1.29, 1.82) is 0 Å². The van der Waals surface area contributed by atoms with E-state index in [1.807, 2.05) is 25.1 Å². The molecule has 0 aromatic carbocycles. The third-order valence-electron chi connectivity index (χ3n) is 4.59. The molecular formula is C17H19N3O. The number of rotatable bonds is 3. The molecule has 1 aliphatic heterocycles. The summed E-state index contributed by atoms with van der Waals surface area (Å²) >= 11 is 0. The highest BCUT2D eigenvalue weighted by atomic mass is 16.1. The molecule has 2 heterocycles. The standard InChI is InChI=1S/C17H19N3O/c1-2-17(21)20-16-5-3-4-13(19-16)15-9-12-7-10-6-11(10)8-14(12)18-15/h3-6,8,10,12,15,18H,2,7,9H2,1H3,(H,19,20,21). The minimum absolute atomic E-state index is 0.00225. The zero-order chi connectivity index (χ0) is 14.4. The Morgan fingerprint density at radius 2 is 2.33 bits per heavy atom. The Morgan fingerprint density at radius 3 is 3.19 bits per heavy atom. The largest absolute Gasteiger partial charge is 0.380 e. The second-order valence-corrected chi connectivity index (χ2v) is 6.09. The van der Waals surface area contributed by atoms with Crippen molar-refractivity contribution in [2.45, 2.75) is 32.2 Å². The molecule has 2 aliphatic carbocycles. The van der Waals surface area contributed by atoms with E-state index in [2.05, 4.69) is 27.8 Å². The van der Waals surface area contributed by atoms with Crippen LogP contribution >= 0.6 is 0 Å². The lowest BCUT2D eigenvalue weighted by molar-refractivity contribution is -0.115. The van der Waals surface area contributed by atoms with Gasteiger partial charge in [-0.2, -0.15) is 0 Å². The molecule has 1 fully saturated rings. The molecule has 0 radical (unpaired) electrons. The summed E-state index contributed by atoms with van der Waals surface area (Å²) in [4.78, 5) is 16.1. The number of allylic oxidation sites excluding steroid dienone is 4. The van der Waals surface area contributed by atoms with Gasteiger partial charge in [-0.15, -0.1) is 0 Å². The number of carbonyl (C=O) groups excluding carboxylic acids is 1. The number of fused-ring (bicyclic) bond motifs is 2. The maximum Gasteiger partial charge on any atom is 0.225 e. The molecule has 108 valence electrons. The summed E-state index contributed by atoms with van der Waals surface area (Å²) in [6.07, 6.45) is 7.47. The van der Waals surface area contributed by atoms with Crippen molar-refractivity contribution in [2.24, 2.45) is 11.8 Å².